The number of nitrogens with two attached hydrogens (primary N) is 1. The van der Waals surface area contributed by atoms with E-state index >= 15 is 0 Å². The average molecular weight is 392 g/mol. The summed E-state index contributed by atoms with van der Waals surface area (Å²) in [4.78, 5) is 16.6. The summed E-state index contributed by atoms with van der Waals surface area (Å²) in [6, 6.07) is 12.9. The van der Waals surface area contributed by atoms with Crippen LogP contribution in [0.5, 0.6) is 0 Å². The van der Waals surface area contributed by atoms with Crippen molar-refractivity contribution in [3.63, 3.8) is 0 Å². The minimum atomic E-state index is -0.538. The molecule has 1 atom stereocenters. The molecular weight excluding hydrogens is 374 g/mol. The number of hydrogen-bond acceptors (Lipinski definition) is 4. The maximum absolute atomic E-state index is 11.7. The summed E-state index contributed by atoms with van der Waals surface area (Å²) in [6.45, 7) is 5.74. The maximum Gasteiger partial charge on any atom is 0.220 e. The summed E-state index contributed by atoms with van der Waals surface area (Å²) in [5.41, 5.74) is 9.88. The van der Waals surface area contributed by atoms with Crippen LogP contribution in [0.15, 0.2) is 54.0 Å². The number of nitrogens with zero attached hydrogens (tertiary/aromatic N) is 4. The molecule has 2 N–H and O–H groups in total. The Morgan fingerprint density at radius 2 is 2.00 bits per heavy atom. The Bertz CT molecular complexity index is 1110. The van der Waals surface area contributed by atoms with Gasteiger partial charge in [0.25, 0.3) is 0 Å². The summed E-state index contributed by atoms with van der Waals surface area (Å²) in [5, 5.41) is 9.13. The minimum absolute atomic E-state index is 0.0392. The fourth-order valence-electron chi connectivity index (χ4n) is 3.41. The number of aliphatic imine (C=N–C) groups is 1. The van der Waals surface area contributed by atoms with E-state index in [2.05, 4.69) is 16.8 Å². The van der Waals surface area contributed by atoms with Crippen molar-refractivity contribution in [1.29, 1.82) is 0 Å². The fraction of sp³-hybridized carbons (Fsp3) is 0.143. The van der Waals surface area contributed by atoms with Gasteiger partial charge in [0, 0.05) is 16.1 Å². The zero-order valence-corrected chi connectivity index (χ0v) is 16.0. The lowest BCUT2D eigenvalue weighted by Gasteiger charge is -2.13. The van der Waals surface area contributed by atoms with E-state index in [0.29, 0.717) is 16.7 Å². The molecule has 0 saturated carbocycles. The largest absolute Gasteiger partial charge is 0.370 e. The Morgan fingerprint density at radius 1 is 1.25 bits per heavy atom. The van der Waals surface area contributed by atoms with Gasteiger partial charge in [-0.25, -0.2) is 0 Å². The minimum Gasteiger partial charge on any atom is -0.370 e. The zero-order valence-electron chi connectivity index (χ0n) is 15.3. The van der Waals surface area contributed by atoms with Gasteiger partial charge in [-0.15, -0.1) is 10.2 Å². The second-order valence-corrected chi connectivity index (χ2v) is 7.03. The van der Waals surface area contributed by atoms with Crippen molar-refractivity contribution in [3.05, 3.63) is 82.4 Å². The Labute approximate surface area is 167 Å². The second kappa shape index (κ2) is 7.05. The van der Waals surface area contributed by atoms with Crippen LogP contribution in [0.2, 0.25) is 5.02 Å². The van der Waals surface area contributed by atoms with Gasteiger partial charge in [0.15, 0.2) is 5.82 Å². The fourth-order valence-corrected chi connectivity index (χ4v) is 3.53. The van der Waals surface area contributed by atoms with Gasteiger partial charge in [-0.1, -0.05) is 42.5 Å². The molecule has 2 aromatic carbocycles. The van der Waals surface area contributed by atoms with Gasteiger partial charge in [0.2, 0.25) is 5.91 Å². The van der Waals surface area contributed by atoms with Gasteiger partial charge in [-0.05, 0) is 36.8 Å². The molecule has 1 aromatic heterocycles. The highest BCUT2D eigenvalue weighted by Gasteiger charge is 2.29. The topological polar surface area (TPSA) is 86.2 Å². The molecule has 4 rings (SSSR count). The molecule has 0 spiro atoms. The summed E-state index contributed by atoms with van der Waals surface area (Å²) in [7, 11) is 0. The smallest absolute Gasteiger partial charge is 0.220 e. The third kappa shape index (κ3) is 3.12. The van der Waals surface area contributed by atoms with Crippen molar-refractivity contribution < 1.29 is 4.79 Å². The molecule has 0 bridgehead atoms. The lowest BCUT2D eigenvalue weighted by Crippen LogP contribution is -2.17. The molecule has 2 heterocycles. The van der Waals surface area contributed by atoms with Crippen molar-refractivity contribution in [3.8, 4) is 5.69 Å². The predicted octanol–water partition coefficient (Wildman–Crippen LogP) is 3.64. The van der Waals surface area contributed by atoms with E-state index in [1.54, 1.807) is 6.08 Å². The monoisotopic (exact) mass is 391 g/mol. The summed E-state index contributed by atoms with van der Waals surface area (Å²) in [6.07, 6.45) is 1.82. The number of hydrogen-bond donors (Lipinski definition) is 1. The van der Waals surface area contributed by atoms with Crippen LogP contribution in [0.25, 0.3) is 11.8 Å². The number of aromatic nitrogens is 3. The van der Waals surface area contributed by atoms with Gasteiger partial charge in [0.05, 0.1) is 17.8 Å². The van der Waals surface area contributed by atoms with E-state index in [4.69, 9.17) is 22.3 Å². The van der Waals surface area contributed by atoms with Crippen molar-refractivity contribution in [2.24, 2.45) is 10.7 Å². The van der Waals surface area contributed by atoms with Crippen molar-refractivity contribution in [2.45, 2.75) is 19.4 Å². The van der Waals surface area contributed by atoms with E-state index in [-0.39, 0.29) is 6.42 Å². The molecule has 0 saturated heterocycles. The molecule has 1 aliphatic heterocycles. The number of amides is 1. The van der Waals surface area contributed by atoms with Crippen LogP contribution in [-0.4, -0.2) is 26.4 Å². The van der Waals surface area contributed by atoms with Gasteiger partial charge < -0.3 is 5.73 Å². The first-order valence-corrected chi connectivity index (χ1v) is 9.17. The van der Waals surface area contributed by atoms with Crippen LogP contribution in [-0.2, 0) is 4.79 Å². The highest BCUT2D eigenvalue weighted by molar-refractivity contribution is 6.30. The van der Waals surface area contributed by atoms with Crippen LogP contribution >= 0.6 is 11.6 Å². The molecule has 1 amide bonds. The molecule has 7 heteroatoms. The molecule has 0 radical (unpaired) electrons. The van der Waals surface area contributed by atoms with Crippen LogP contribution in [0.4, 0.5) is 0 Å². The molecular formula is C21H18ClN5O. The molecule has 0 fully saturated rings. The second-order valence-electron chi connectivity index (χ2n) is 6.59. The Kier molecular flexibility index (Phi) is 4.57. The Balaban J connectivity index is 2.03. The number of primary amides is 1. The number of rotatable bonds is 4. The summed E-state index contributed by atoms with van der Waals surface area (Å²) >= 11 is 6.07. The first-order chi connectivity index (χ1) is 13.5. The highest BCUT2D eigenvalue weighted by atomic mass is 35.5. The van der Waals surface area contributed by atoms with E-state index < -0.39 is 11.9 Å². The van der Waals surface area contributed by atoms with E-state index in [1.807, 2.05) is 54.0 Å². The number of benzene rings is 2. The van der Waals surface area contributed by atoms with Gasteiger partial charge in [-0.2, -0.15) is 0 Å². The third-order valence-electron chi connectivity index (χ3n) is 4.70. The SMILES string of the molecule is C=Cc1ccc2c(c1)C(c1ccc(Cl)cc1)=NC(CC(N)=O)c1nnc(C)n1-2. The van der Waals surface area contributed by atoms with E-state index in [9.17, 15) is 4.79 Å². The molecule has 1 unspecified atom stereocenters. The van der Waals surface area contributed by atoms with E-state index in [0.717, 1.165) is 28.1 Å². The van der Waals surface area contributed by atoms with Crippen LogP contribution in [0.1, 0.15) is 40.8 Å². The molecule has 1 aliphatic rings. The van der Waals surface area contributed by atoms with Crippen LogP contribution < -0.4 is 5.73 Å². The predicted molar refractivity (Wildman–Crippen MR) is 110 cm³/mol. The lowest BCUT2D eigenvalue weighted by atomic mass is 9.98. The average Bonchev–Trinajstić information content (AvgIpc) is 3.00. The van der Waals surface area contributed by atoms with E-state index in [1.165, 1.54) is 0 Å². The van der Waals surface area contributed by atoms with Crippen molar-refractivity contribution >= 4 is 29.3 Å². The highest BCUT2D eigenvalue weighted by Crippen LogP contribution is 2.33. The number of halogens is 1. The van der Waals surface area contributed by atoms with Gasteiger partial charge >= 0.3 is 0 Å². The van der Waals surface area contributed by atoms with Crippen LogP contribution in [0.3, 0.4) is 0 Å². The lowest BCUT2D eigenvalue weighted by molar-refractivity contribution is -0.118. The molecule has 6 nitrogen and oxygen atoms in total. The van der Waals surface area contributed by atoms with Gasteiger partial charge in [0.1, 0.15) is 11.9 Å². The Hall–Kier alpha value is -3.25. The maximum atomic E-state index is 11.7. The molecule has 3 aromatic rings. The summed E-state index contributed by atoms with van der Waals surface area (Å²) in [5.74, 6) is 0.853. The van der Waals surface area contributed by atoms with Crippen molar-refractivity contribution in [2.75, 3.05) is 0 Å². The van der Waals surface area contributed by atoms with Gasteiger partial charge in [-0.3, -0.25) is 14.4 Å². The number of fused-ring (bicyclic) bond motifs is 3. The first kappa shape index (κ1) is 18.1. The number of aryl methyl sites for hydroxylation is 1. The normalized spacial score (nSPS) is 15.2. The quantitative estimate of drug-likeness (QED) is 0.736. The summed E-state index contributed by atoms with van der Waals surface area (Å²) < 4.78 is 1.93. The number of carbonyl (C=O) groups excluding carboxylic acids is 1. The Morgan fingerprint density at radius 3 is 2.68 bits per heavy atom. The molecule has 140 valence electrons. The number of carbonyl (C=O) groups is 1. The van der Waals surface area contributed by atoms with Crippen molar-refractivity contribution in [1.82, 2.24) is 14.8 Å². The standard InChI is InChI=1S/C21H18ClN5O/c1-3-13-4-9-18-16(10-13)20(14-5-7-15(22)8-6-14)24-17(11-19(23)28)21-26-25-12(2)27(18)21/h3-10,17H,1,11H2,2H3,(H2,23,28). The third-order valence-corrected chi connectivity index (χ3v) is 4.95. The van der Waals surface area contributed by atoms with Crippen LogP contribution in [0, 0.1) is 6.92 Å². The molecule has 0 aliphatic carbocycles. The first-order valence-electron chi connectivity index (χ1n) is 8.79. The zero-order chi connectivity index (χ0) is 19.8. The molecule has 28 heavy (non-hydrogen) atoms.